The van der Waals surface area contributed by atoms with E-state index in [1.165, 1.54) is 12.1 Å². The van der Waals surface area contributed by atoms with Gasteiger partial charge < -0.3 is 14.7 Å². The van der Waals surface area contributed by atoms with Gasteiger partial charge in [0, 0.05) is 82.6 Å². The Morgan fingerprint density at radius 2 is 1.46 bits per heavy atom. The second kappa shape index (κ2) is 7.16. The van der Waals surface area contributed by atoms with Gasteiger partial charge in [-0.05, 0) is 12.1 Å². The first-order valence-electron chi connectivity index (χ1n) is 7.56. The minimum absolute atomic E-state index is 0.0376. The Kier molecular flexibility index (Phi) is 5.23. The maximum atomic E-state index is 12.6. The van der Waals surface area contributed by atoms with Gasteiger partial charge in [-0.25, -0.2) is 0 Å². The van der Waals surface area contributed by atoms with E-state index in [0.717, 1.165) is 5.69 Å². The Bertz CT molecular complexity index is 660. The van der Waals surface area contributed by atoms with Crippen molar-refractivity contribution in [3.63, 3.8) is 0 Å². The molecule has 1 aliphatic heterocycles. The fourth-order valence-electron chi connectivity index (χ4n) is 2.61. The fraction of sp³-hybridized carbons (Fsp3) is 0.353. The van der Waals surface area contributed by atoms with Gasteiger partial charge in [-0.15, -0.1) is 0 Å². The smallest absolute Gasteiger partial charge is 0.269 e. The number of hydrogen-bond acceptors (Lipinski definition) is 6. The zero-order valence-electron chi connectivity index (χ0n) is 14.4. The molecule has 1 aromatic carbocycles. The van der Waals surface area contributed by atoms with E-state index in [1.54, 1.807) is 12.1 Å². The molecule has 0 radical (unpaired) electrons. The normalized spacial score (nSPS) is 18.2. The first-order valence-corrected chi connectivity index (χ1v) is 7.56. The van der Waals surface area contributed by atoms with Crippen molar-refractivity contribution in [3.8, 4) is 0 Å². The number of ketones is 1. The summed E-state index contributed by atoms with van der Waals surface area (Å²) in [5, 5.41) is 10.8. The van der Waals surface area contributed by atoms with Crippen LogP contribution < -0.4 is 4.90 Å². The van der Waals surface area contributed by atoms with E-state index >= 15 is 0 Å². The first-order chi connectivity index (χ1) is 11.3. The van der Waals surface area contributed by atoms with Crippen molar-refractivity contribution in [1.82, 2.24) is 9.80 Å². The van der Waals surface area contributed by atoms with Crippen molar-refractivity contribution in [2.75, 3.05) is 46.2 Å². The number of carbonyl (C=O) groups excluding carboxylic acids is 1. The highest BCUT2D eigenvalue weighted by Crippen LogP contribution is 2.26. The minimum atomic E-state index is -0.418. The predicted molar refractivity (Wildman–Crippen MR) is 93.9 cm³/mol. The third-order valence-electron chi connectivity index (χ3n) is 3.56. The molecule has 0 amide bonds. The summed E-state index contributed by atoms with van der Waals surface area (Å²) in [5.74, 6) is 0.0376. The molecule has 7 heteroatoms. The van der Waals surface area contributed by atoms with E-state index in [2.05, 4.69) is 0 Å². The summed E-state index contributed by atoms with van der Waals surface area (Å²) in [4.78, 5) is 28.7. The van der Waals surface area contributed by atoms with Crippen LogP contribution in [0.15, 0.2) is 47.8 Å². The summed E-state index contributed by atoms with van der Waals surface area (Å²) < 4.78 is 0. The Balaban J connectivity index is 2.35. The van der Waals surface area contributed by atoms with Crippen LogP contribution in [-0.2, 0) is 4.79 Å². The average molecular weight is 330 g/mol. The highest BCUT2D eigenvalue weighted by atomic mass is 16.6. The highest BCUT2D eigenvalue weighted by molar-refractivity contribution is 6.10. The van der Waals surface area contributed by atoms with Crippen LogP contribution >= 0.6 is 0 Å². The molecule has 0 saturated carbocycles. The van der Waals surface area contributed by atoms with Gasteiger partial charge in [0.15, 0.2) is 5.78 Å². The standard InChI is InChI=1S/C17H22N4O3/c1-18(2)9-13-11-20(12-14(17(13)22)10-19(3)4)15-5-7-16(8-6-15)21(23)24/h5-10H,11-12H2,1-4H3/b13-9-,14-10-. The van der Waals surface area contributed by atoms with Crippen molar-refractivity contribution in [1.29, 1.82) is 0 Å². The van der Waals surface area contributed by atoms with Gasteiger partial charge in [0.2, 0.25) is 0 Å². The van der Waals surface area contributed by atoms with Gasteiger partial charge in [-0.1, -0.05) is 0 Å². The number of benzene rings is 1. The number of piperidine rings is 1. The number of anilines is 1. The van der Waals surface area contributed by atoms with Crippen molar-refractivity contribution >= 4 is 17.2 Å². The molecule has 0 aromatic heterocycles. The van der Waals surface area contributed by atoms with E-state index in [9.17, 15) is 14.9 Å². The lowest BCUT2D eigenvalue weighted by atomic mass is 9.98. The van der Waals surface area contributed by atoms with Gasteiger partial charge in [-0.2, -0.15) is 0 Å². The van der Waals surface area contributed by atoms with E-state index < -0.39 is 4.92 Å². The van der Waals surface area contributed by atoms with Crippen LogP contribution in [0.4, 0.5) is 11.4 Å². The van der Waals surface area contributed by atoms with Crippen molar-refractivity contribution in [2.24, 2.45) is 0 Å². The molecule has 1 aliphatic rings. The molecule has 1 saturated heterocycles. The molecule has 0 bridgehead atoms. The lowest BCUT2D eigenvalue weighted by Crippen LogP contribution is -2.39. The Labute approximate surface area is 141 Å². The maximum Gasteiger partial charge on any atom is 0.269 e. The zero-order valence-corrected chi connectivity index (χ0v) is 14.4. The summed E-state index contributed by atoms with van der Waals surface area (Å²) in [5.41, 5.74) is 2.29. The third kappa shape index (κ3) is 4.13. The van der Waals surface area contributed by atoms with Crippen LogP contribution in [-0.4, -0.2) is 61.8 Å². The maximum absolute atomic E-state index is 12.6. The summed E-state index contributed by atoms with van der Waals surface area (Å²) in [6, 6.07) is 6.40. The van der Waals surface area contributed by atoms with Crippen molar-refractivity contribution in [2.45, 2.75) is 0 Å². The van der Waals surface area contributed by atoms with Crippen LogP contribution in [0.3, 0.4) is 0 Å². The predicted octanol–water partition coefficient (Wildman–Crippen LogP) is 1.87. The van der Waals surface area contributed by atoms with Crippen LogP contribution in [0, 0.1) is 10.1 Å². The molecule has 1 fully saturated rings. The highest BCUT2D eigenvalue weighted by Gasteiger charge is 2.27. The Morgan fingerprint density at radius 1 is 1.00 bits per heavy atom. The SMILES string of the molecule is CN(C)/C=C1/CN(c2ccc([N+](=O)[O-])cc2)C/C(=C/N(C)C)C1=O. The Hall–Kier alpha value is -2.83. The summed E-state index contributed by atoms with van der Waals surface area (Å²) in [6.07, 6.45) is 3.65. The molecule has 1 aromatic rings. The molecular weight excluding hydrogens is 308 g/mol. The van der Waals surface area contributed by atoms with Gasteiger partial charge in [-0.3, -0.25) is 14.9 Å². The van der Waals surface area contributed by atoms with E-state index in [4.69, 9.17) is 0 Å². The molecule has 24 heavy (non-hydrogen) atoms. The number of nitro benzene ring substituents is 1. The van der Waals surface area contributed by atoms with Crippen molar-refractivity contribution in [3.05, 3.63) is 57.9 Å². The molecule has 0 spiro atoms. The topological polar surface area (TPSA) is 69.9 Å². The molecule has 2 rings (SSSR count). The number of rotatable bonds is 4. The van der Waals surface area contributed by atoms with Crippen LogP contribution in [0.25, 0.3) is 0 Å². The fourth-order valence-corrected chi connectivity index (χ4v) is 2.61. The van der Waals surface area contributed by atoms with E-state index in [-0.39, 0.29) is 11.5 Å². The third-order valence-corrected chi connectivity index (χ3v) is 3.56. The lowest BCUT2D eigenvalue weighted by molar-refractivity contribution is -0.384. The number of nitro groups is 1. The van der Waals surface area contributed by atoms with Gasteiger partial charge in [0.25, 0.3) is 5.69 Å². The summed E-state index contributed by atoms with van der Waals surface area (Å²) >= 11 is 0. The second-order valence-corrected chi connectivity index (χ2v) is 6.19. The van der Waals surface area contributed by atoms with Crippen LogP contribution in [0.1, 0.15) is 0 Å². The summed E-state index contributed by atoms with van der Waals surface area (Å²) in [7, 11) is 7.50. The molecule has 0 aliphatic carbocycles. The number of nitrogens with zero attached hydrogens (tertiary/aromatic N) is 4. The van der Waals surface area contributed by atoms with Gasteiger partial charge >= 0.3 is 0 Å². The second-order valence-electron chi connectivity index (χ2n) is 6.19. The molecule has 1 heterocycles. The van der Waals surface area contributed by atoms with E-state index in [1.807, 2.05) is 55.3 Å². The van der Waals surface area contributed by atoms with E-state index in [0.29, 0.717) is 24.2 Å². The number of carbonyl (C=O) groups is 1. The monoisotopic (exact) mass is 330 g/mol. The first kappa shape index (κ1) is 17.5. The molecule has 7 nitrogen and oxygen atoms in total. The average Bonchev–Trinajstić information content (AvgIpc) is 2.50. The summed E-state index contributed by atoms with van der Waals surface area (Å²) in [6.45, 7) is 0.944. The quantitative estimate of drug-likeness (QED) is 0.477. The van der Waals surface area contributed by atoms with Crippen LogP contribution in [0.2, 0.25) is 0 Å². The largest absolute Gasteiger partial charge is 0.383 e. The Morgan fingerprint density at radius 3 is 1.83 bits per heavy atom. The number of Topliss-reactive ketones (excluding diaryl/α,β-unsaturated/α-hetero) is 1. The molecule has 0 N–H and O–H groups in total. The number of non-ortho nitro benzene ring substituents is 1. The molecule has 128 valence electrons. The molecule has 0 atom stereocenters. The van der Waals surface area contributed by atoms with Gasteiger partial charge in [0.1, 0.15) is 0 Å². The van der Waals surface area contributed by atoms with Crippen LogP contribution in [0.5, 0.6) is 0 Å². The molecular formula is C17H22N4O3. The van der Waals surface area contributed by atoms with Crippen molar-refractivity contribution < 1.29 is 9.72 Å². The minimum Gasteiger partial charge on any atom is -0.383 e. The zero-order chi connectivity index (χ0) is 17.9. The molecule has 0 unspecified atom stereocenters. The number of hydrogen-bond donors (Lipinski definition) is 0. The van der Waals surface area contributed by atoms with Gasteiger partial charge in [0.05, 0.1) is 4.92 Å². The lowest BCUT2D eigenvalue weighted by Gasteiger charge is -2.32.